The molecule has 0 saturated carbocycles. The molecule has 0 aliphatic heterocycles. The van der Waals surface area contributed by atoms with Gasteiger partial charge in [0.25, 0.3) is 0 Å². The molecular weight excluding hydrogens is 949 g/mol. The molecule has 0 bridgehead atoms. The van der Waals surface area contributed by atoms with Crippen molar-refractivity contribution in [2.45, 2.75) is 271 Å². The van der Waals surface area contributed by atoms with E-state index in [4.69, 9.17) is 14.2 Å². The van der Waals surface area contributed by atoms with Crippen LogP contribution < -0.4 is 0 Å². The highest BCUT2D eigenvalue weighted by Gasteiger charge is 2.19. The molecule has 0 fully saturated rings. The summed E-state index contributed by atoms with van der Waals surface area (Å²) in [6.45, 7) is 6.35. The quantitative estimate of drug-likeness (QED) is 0.0261. The standard InChI is InChI=1S/C71H114O6/c1-4-7-10-13-16-19-22-25-28-30-32-34-35-37-38-40-43-46-49-52-55-58-61-64-70(73)76-67-68(66-75-69(72)63-60-57-54-51-48-45-42-27-24-21-18-15-12-9-6-3)77-71(74)65-62-59-56-53-50-47-44-41-39-36-33-31-29-26-23-20-17-14-11-8-5-2/h7-8,10-11,16-21,25-29,32-34,36-38,41-42,44,68H,4-6,9,12-15,22-24,30-31,35,39-40,43,45-67H2,1-3H3/b10-7-,11-8-,19-16-,20-17-,21-18-,28-25-,29-26-,34-32-,36-33-,38-37-,42-27-,44-41-. The second-order valence-corrected chi connectivity index (χ2v) is 20.2. The summed E-state index contributed by atoms with van der Waals surface area (Å²) in [5.41, 5.74) is 0. The number of esters is 3. The number of ether oxygens (including phenoxy) is 3. The van der Waals surface area contributed by atoms with E-state index in [0.29, 0.717) is 19.3 Å². The van der Waals surface area contributed by atoms with Gasteiger partial charge in [-0.15, -0.1) is 0 Å². The van der Waals surface area contributed by atoms with Crippen molar-refractivity contribution >= 4 is 17.9 Å². The van der Waals surface area contributed by atoms with Crippen LogP contribution in [0.25, 0.3) is 0 Å². The molecule has 0 aliphatic rings. The predicted octanol–water partition coefficient (Wildman–Crippen LogP) is 21.5. The molecule has 6 nitrogen and oxygen atoms in total. The monoisotopic (exact) mass is 1060 g/mol. The van der Waals surface area contributed by atoms with Crippen LogP contribution in [0.2, 0.25) is 0 Å². The molecule has 0 amide bonds. The maximum absolute atomic E-state index is 12.9. The van der Waals surface area contributed by atoms with Crippen LogP contribution in [0.15, 0.2) is 146 Å². The van der Waals surface area contributed by atoms with E-state index in [2.05, 4.69) is 167 Å². The lowest BCUT2D eigenvalue weighted by Crippen LogP contribution is -2.30. The lowest BCUT2D eigenvalue weighted by atomic mass is 10.1. The van der Waals surface area contributed by atoms with Crippen LogP contribution >= 0.6 is 0 Å². The first kappa shape index (κ1) is 72.3. The first-order chi connectivity index (χ1) is 38.0. The highest BCUT2D eigenvalue weighted by molar-refractivity contribution is 5.71. The van der Waals surface area contributed by atoms with Crippen LogP contribution in [-0.4, -0.2) is 37.2 Å². The Morgan fingerprint density at radius 3 is 0.792 bits per heavy atom. The minimum atomic E-state index is -0.807. The van der Waals surface area contributed by atoms with Gasteiger partial charge >= 0.3 is 17.9 Å². The van der Waals surface area contributed by atoms with Crippen LogP contribution in [0, 0.1) is 0 Å². The third kappa shape index (κ3) is 62.0. The highest BCUT2D eigenvalue weighted by atomic mass is 16.6. The summed E-state index contributed by atoms with van der Waals surface area (Å²) in [5, 5.41) is 0. The lowest BCUT2D eigenvalue weighted by Gasteiger charge is -2.18. The third-order valence-corrected chi connectivity index (χ3v) is 12.8. The number of allylic oxidation sites excluding steroid dienone is 24. The normalized spacial score (nSPS) is 13.1. The average molecular weight is 1060 g/mol. The molecule has 0 heterocycles. The van der Waals surface area contributed by atoms with Gasteiger partial charge < -0.3 is 14.2 Å². The Hall–Kier alpha value is -4.71. The lowest BCUT2D eigenvalue weighted by molar-refractivity contribution is -0.167. The van der Waals surface area contributed by atoms with Gasteiger partial charge in [0.2, 0.25) is 0 Å². The molecule has 0 spiro atoms. The summed E-state index contributed by atoms with van der Waals surface area (Å²) < 4.78 is 16.9. The summed E-state index contributed by atoms with van der Waals surface area (Å²) in [7, 11) is 0. The zero-order chi connectivity index (χ0) is 55.7. The van der Waals surface area contributed by atoms with E-state index in [9.17, 15) is 14.4 Å². The van der Waals surface area contributed by atoms with Crippen molar-refractivity contribution in [3.63, 3.8) is 0 Å². The van der Waals surface area contributed by atoms with Crippen molar-refractivity contribution in [2.75, 3.05) is 13.2 Å². The van der Waals surface area contributed by atoms with Crippen molar-refractivity contribution < 1.29 is 28.6 Å². The Morgan fingerprint density at radius 2 is 0.506 bits per heavy atom. The van der Waals surface area contributed by atoms with Crippen LogP contribution in [0.5, 0.6) is 0 Å². The molecule has 0 aromatic heterocycles. The van der Waals surface area contributed by atoms with Crippen molar-refractivity contribution in [3.8, 4) is 0 Å². The maximum atomic E-state index is 12.9. The van der Waals surface area contributed by atoms with Crippen LogP contribution in [0.4, 0.5) is 0 Å². The summed E-state index contributed by atoms with van der Waals surface area (Å²) >= 11 is 0. The molecule has 0 aromatic carbocycles. The van der Waals surface area contributed by atoms with E-state index in [1.165, 1.54) is 51.4 Å². The van der Waals surface area contributed by atoms with E-state index in [0.717, 1.165) is 173 Å². The van der Waals surface area contributed by atoms with Crippen molar-refractivity contribution in [1.82, 2.24) is 0 Å². The molecule has 0 aromatic rings. The van der Waals surface area contributed by atoms with Gasteiger partial charge in [0.1, 0.15) is 13.2 Å². The van der Waals surface area contributed by atoms with Gasteiger partial charge in [-0.1, -0.05) is 250 Å². The Balaban J connectivity index is 4.48. The Labute approximate surface area is 474 Å². The van der Waals surface area contributed by atoms with Gasteiger partial charge in [0.15, 0.2) is 6.10 Å². The molecule has 0 aliphatic carbocycles. The van der Waals surface area contributed by atoms with Crippen molar-refractivity contribution in [3.05, 3.63) is 146 Å². The first-order valence-corrected chi connectivity index (χ1v) is 31.3. The van der Waals surface area contributed by atoms with Gasteiger partial charge in [-0.25, -0.2) is 0 Å². The van der Waals surface area contributed by atoms with E-state index in [1.54, 1.807) is 0 Å². The number of carbonyl (C=O) groups excluding carboxylic acids is 3. The van der Waals surface area contributed by atoms with E-state index in [-0.39, 0.29) is 31.1 Å². The average Bonchev–Trinajstić information content (AvgIpc) is 3.43. The summed E-state index contributed by atoms with van der Waals surface area (Å²) in [6, 6.07) is 0. The van der Waals surface area contributed by atoms with Gasteiger partial charge in [-0.2, -0.15) is 0 Å². The largest absolute Gasteiger partial charge is 0.462 e. The second kappa shape index (κ2) is 63.8. The van der Waals surface area contributed by atoms with Gasteiger partial charge in [0, 0.05) is 19.3 Å². The van der Waals surface area contributed by atoms with Crippen LogP contribution in [0.3, 0.4) is 0 Å². The van der Waals surface area contributed by atoms with E-state index < -0.39 is 6.10 Å². The predicted molar refractivity (Wildman–Crippen MR) is 334 cm³/mol. The zero-order valence-electron chi connectivity index (χ0n) is 49.7. The first-order valence-electron chi connectivity index (χ1n) is 31.3. The summed E-state index contributed by atoms with van der Waals surface area (Å²) in [5.74, 6) is -0.946. The molecule has 77 heavy (non-hydrogen) atoms. The second-order valence-electron chi connectivity index (χ2n) is 20.2. The summed E-state index contributed by atoms with van der Waals surface area (Å²) in [6.07, 6.45) is 91.2. The number of hydrogen-bond acceptors (Lipinski definition) is 6. The van der Waals surface area contributed by atoms with Gasteiger partial charge in [-0.05, 0) is 141 Å². The molecule has 0 radical (unpaired) electrons. The van der Waals surface area contributed by atoms with Gasteiger partial charge in [-0.3, -0.25) is 14.4 Å². The molecular formula is C71H114O6. The molecule has 0 N–H and O–H groups in total. The number of hydrogen-bond donors (Lipinski definition) is 0. The molecule has 6 heteroatoms. The van der Waals surface area contributed by atoms with E-state index >= 15 is 0 Å². The highest BCUT2D eigenvalue weighted by Crippen LogP contribution is 2.14. The number of rotatable bonds is 55. The SMILES string of the molecule is CC/C=C\C/C=C\C/C=C\C/C=C\C/C=C\CCCCCCCCCC(=O)OCC(COC(=O)CCCCCCC/C=C\C/C=C\CCCCC)OC(=O)CCCCCCC/C=C\C/C=C\C/C=C\C/C=C\C/C=C\CC. The molecule has 1 atom stereocenters. The Morgan fingerprint density at radius 1 is 0.273 bits per heavy atom. The molecule has 0 rings (SSSR count). The number of carbonyl (C=O) groups is 3. The topological polar surface area (TPSA) is 78.9 Å². The fourth-order valence-corrected chi connectivity index (χ4v) is 8.17. The molecule has 0 saturated heterocycles. The minimum absolute atomic E-state index is 0.102. The minimum Gasteiger partial charge on any atom is -0.462 e. The van der Waals surface area contributed by atoms with Crippen LogP contribution in [0.1, 0.15) is 265 Å². The third-order valence-electron chi connectivity index (χ3n) is 12.8. The Kier molecular flexibility index (Phi) is 59.9. The zero-order valence-corrected chi connectivity index (χ0v) is 49.7. The molecule has 1 unspecified atom stereocenters. The fourth-order valence-electron chi connectivity index (χ4n) is 8.17. The number of unbranched alkanes of at least 4 members (excludes halogenated alkanes) is 20. The maximum Gasteiger partial charge on any atom is 0.306 e. The van der Waals surface area contributed by atoms with Crippen molar-refractivity contribution in [2.24, 2.45) is 0 Å². The van der Waals surface area contributed by atoms with E-state index in [1.807, 2.05) is 0 Å². The van der Waals surface area contributed by atoms with Crippen molar-refractivity contribution in [1.29, 1.82) is 0 Å². The smallest absolute Gasteiger partial charge is 0.306 e. The fraction of sp³-hybridized carbons (Fsp3) is 0.620. The molecule has 434 valence electrons. The summed E-state index contributed by atoms with van der Waals surface area (Å²) in [4.78, 5) is 38.3. The van der Waals surface area contributed by atoms with Gasteiger partial charge in [0.05, 0.1) is 0 Å². The Bertz CT molecular complexity index is 1700. The van der Waals surface area contributed by atoms with Crippen LogP contribution in [-0.2, 0) is 28.6 Å².